The second-order valence-electron chi connectivity index (χ2n) is 6.67. The molecule has 1 amide bonds. The van der Waals surface area contributed by atoms with E-state index in [2.05, 4.69) is 0 Å². The maximum Gasteiger partial charge on any atom is 0.280 e. The number of hydrogen-bond donors (Lipinski definition) is 1. The Morgan fingerprint density at radius 2 is 2.00 bits per heavy atom. The lowest BCUT2D eigenvalue weighted by Gasteiger charge is -2.25. The minimum absolute atomic E-state index is 0.0341. The quantitative estimate of drug-likeness (QED) is 0.454. The first-order valence-corrected chi connectivity index (χ1v) is 8.65. The molecule has 0 aromatic heterocycles. The van der Waals surface area contributed by atoms with Crippen LogP contribution in [0.15, 0.2) is 12.1 Å². The van der Waals surface area contributed by atoms with Gasteiger partial charge in [0.1, 0.15) is 11.4 Å². The third-order valence-corrected chi connectivity index (χ3v) is 4.95. The Hall–Kier alpha value is -2.35. The maximum atomic E-state index is 14.2. The van der Waals surface area contributed by atoms with Gasteiger partial charge in [-0.2, -0.15) is 0 Å². The number of carbonyl (C=O) groups is 2. The predicted octanol–water partition coefficient (Wildman–Crippen LogP) is 3.15. The van der Waals surface area contributed by atoms with Crippen LogP contribution in [0.2, 0.25) is 0 Å². The van der Waals surface area contributed by atoms with E-state index in [1.54, 1.807) is 11.9 Å². The molecule has 0 spiro atoms. The van der Waals surface area contributed by atoms with Crippen LogP contribution in [0.5, 0.6) is 0 Å². The first kappa shape index (κ1) is 20.0. The zero-order chi connectivity index (χ0) is 19.4. The smallest absolute Gasteiger partial charge is 0.280 e. The third kappa shape index (κ3) is 4.24. The van der Waals surface area contributed by atoms with E-state index >= 15 is 0 Å². The topological polar surface area (TPSA) is 101 Å². The molecule has 1 saturated carbocycles. The summed E-state index contributed by atoms with van der Waals surface area (Å²) in [5, 5.41) is 21.5. The molecule has 0 saturated heterocycles. The lowest BCUT2D eigenvalue weighted by Crippen LogP contribution is -2.35. The van der Waals surface area contributed by atoms with Gasteiger partial charge in [0, 0.05) is 31.1 Å². The zero-order valence-electron chi connectivity index (χ0n) is 14.9. The molecule has 0 heterocycles. The van der Waals surface area contributed by atoms with Crippen molar-refractivity contribution in [1.29, 1.82) is 0 Å². The number of amides is 1. The largest absolute Gasteiger partial charge is 0.388 e. The molecule has 0 radical (unpaired) electrons. The summed E-state index contributed by atoms with van der Waals surface area (Å²) in [6.45, 7) is 1.08. The molecule has 2 rings (SSSR count). The molecule has 1 N–H and O–H groups in total. The highest BCUT2D eigenvalue weighted by Gasteiger charge is 2.29. The molecule has 0 bridgehead atoms. The Bertz CT molecular complexity index is 716. The SMILES string of the molecule is CC(=O)c1c([N+](=O)[O-])ccc(F)c1C(O)CCC(=O)N(C)C1CCCC1. The highest BCUT2D eigenvalue weighted by Crippen LogP contribution is 2.32. The fraction of sp³-hybridized carbons (Fsp3) is 0.556. The van der Waals surface area contributed by atoms with Crippen molar-refractivity contribution in [3.63, 3.8) is 0 Å². The van der Waals surface area contributed by atoms with Gasteiger partial charge in [0.05, 0.1) is 11.0 Å². The van der Waals surface area contributed by atoms with Gasteiger partial charge in [-0.25, -0.2) is 4.39 Å². The van der Waals surface area contributed by atoms with Crippen molar-refractivity contribution >= 4 is 17.4 Å². The Morgan fingerprint density at radius 3 is 2.54 bits per heavy atom. The molecule has 1 aliphatic carbocycles. The molecule has 1 aliphatic rings. The molecular formula is C18H23FN2O5. The van der Waals surface area contributed by atoms with Crippen molar-refractivity contribution in [2.45, 2.75) is 57.6 Å². The van der Waals surface area contributed by atoms with Crippen LogP contribution >= 0.6 is 0 Å². The standard InChI is InChI=1S/C18H23FN2O5/c1-11(22)17-14(21(25)26)8-7-13(19)18(17)15(23)9-10-16(24)20(2)12-5-3-4-6-12/h7-8,12,15,23H,3-6,9-10H2,1-2H3. The van der Waals surface area contributed by atoms with Gasteiger partial charge in [0.25, 0.3) is 5.69 Å². The summed E-state index contributed by atoms with van der Waals surface area (Å²) >= 11 is 0. The Kier molecular flexibility index (Phi) is 6.42. The maximum absolute atomic E-state index is 14.2. The number of rotatable bonds is 7. The predicted molar refractivity (Wildman–Crippen MR) is 92.3 cm³/mol. The number of halogens is 1. The highest BCUT2D eigenvalue weighted by molar-refractivity contribution is 5.99. The van der Waals surface area contributed by atoms with Gasteiger partial charge in [-0.05, 0) is 32.3 Å². The Morgan fingerprint density at radius 1 is 1.38 bits per heavy atom. The van der Waals surface area contributed by atoms with E-state index < -0.39 is 39.4 Å². The molecule has 1 atom stereocenters. The van der Waals surface area contributed by atoms with Crippen LogP contribution in [0.1, 0.15) is 67.5 Å². The van der Waals surface area contributed by atoms with Crippen LogP contribution in [0.3, 0.4) is 0 Å². The van der Waals surface area contributed by atoms with Gasteiger partial charge in [-0.15, -0.1) is 0 Å². The van der Waals surface area contributed by atoms with Gasteiger partial charge in [-0.1, -0.05) is 12.8 Å². The minimum Gasteiger partial charge on any atom is -0.388 e. The second kappa shape index (κ2) is 8.35. The number of nitro groups is 1. The number of nitrogens with zero attached hydrogens (tertiary/aromatic N) is 2. The molecular weight excluding hydrogens is 343 g/mol. The first-order chi connectivity index (χ1) is 12.2. The molecule has 7 nitrogen and oxygen atoms in total. The van der Waals surface area contributed by atoms with E-state index in [1.165, 1.54) is 0 Å². The number of carbonyl (C=O) groups excluding carboxylic acids is 2. The Balaban J connectivity index is 2.17. The van der Waals surface area contributed by atoms with Crippen molar-refractivity contribution in [3.05, 3.63) is 39.2 Å². The van der Waals surface area contributed by atoms with Crippen LogP contribution in [-0.4, -0.2) is 39.7 Å². The summed E-state index contributed by atoms with van der Waals surface area (Å²) < 4.78 is 14.2. The summed E-state index contributed by atoms with van der Waals surface area (Å²) in [5.74, 6) is -1.78. The summed E-state index contributed by atoms with van der Waals surface area (Å²) in [6, 6.07) is 1.94. The highest BCUT2D eigenvalue weighted by atomic mass is 19.1. The zero-order valence-corrected chi connectivity index (χ0v) is 14.9. The Labute approximate surface area is 151 Å². The molecule has 26 heavy (non-hydrogen) atoms. The fourth-order valence-electron chi connectivity index (χ4n) is 3.51. The summed E-state index contributed by atoms with van der Waals surface area (Å²) in [4.78, 5) is 36.1. The number of Topliss-reactive ketones (excluding diaryl/α,β-unsaturated/α-hetero) is 1. The average Bonchev–Trinajstić information content (AvgIpc) is 3.12. The van der Waals surface area contributed by atoms with Crippen LogP contribution in [0.25, 0.3) is 0 Å². The van der Waals surface area contributed by atoms with Crippen molar-refractivity contribution in [2.24, 2.45) is 0 Å². The normalized spacial score (nSPS) is 15.7. The van der Waals surface area contributed by atoms with Gasteiger partial charge < -0.3 is 10.0 Å². The number of nitro benzene ring substituents is 1. The molecule has 0 aliphatic heterocycles. The molecule has 142 valence electrons. The van der Waals surface area contributed by atoms with Gasteiger partial charge in [0.15, 0.2) is 5.78 Å². The van der Waals surface area contributed by atoms with Crippen molar-refractivity contribution < 1.29 is 24.0 Å². The van der Waals surface area contributed by atoms with Gasteiger partial charge in [0.2, 0.25) is 5.91 Å². The van der Waals surface area contributed by atoms with Crippen molar-refractivity contribution in [3.8, 4) is 0 Å². The third-order valence-electron chi connectivity index (χ3n) is 4.95. The average molecular weight is 366 g/mol. The molecule has 1 aromatic carbocycles. The van der Waals surface area contributed by atoms with Crippen LogP contribution < -0.4 is 0 Å². The number of hydrogen-bond acceptors (Lipinski definition) is 5. The summed E-state index contributed by atoms with van der Waals surface area (Å²) in [7, 11) is 1.71. The van der Waals surface area contributed by atoms with Crippen molar-refractivity contribution in [2.75, 3.05) is 7.05 Å². The van der Waals surface area contributed by atoms with E-state index in [0.29, 0.717) is 0 Å². The summed E-state index contributed by atoms with van der Waals surface area (Å²) in [5.41, 5.74) is -1.41. The van der Waals surface area contributed by atoms with Crippen molar-refractivity contribution in [1.82, 2.24) is 4.90 Å². The number of ketones is 1. The molecule has 1 aromatic rings. The summed E-state index contributed by atoms with van der Waals surface area (Å²) in [6.07, 6.45) is 2.41. The first-order valence-electron chi connectivity index (χ1n) is 8.65. The lowest BCUT2D eigenvalue weighted by atomic mass is 9.94. The fourth-order valence-corrected chi connectivity index (χ4v) is 3.51. The number of benzene rings is 1. The van der Waals surface area contributed by atoms with Gasteiger partial charge in [-0.3, -0.25) is 19.7 Å². The molecule has 1 unspecified atom stereocenters. The van der Waals surface area contributed by atoms with E-state index in [9.17, 15) is 29.2 Å². The molecule has 8 heteroatoms. The van der Waals surface area contributed by atoms with Gasteiger partial charge >= 0.3 is 0 Å². The van der Waals surface area contributed by atoms with Crippen LogP contribution in [-0.2, 0) is 4.79 Å². The van der Waals surface area contributed by atoms with E-state index in [1.807, 2.05) is 0 Å². The van der Waals surface area contributed by atoms with Crippen LogP contribution in [0.4, 0.5) is 10.1 Å². The van der Waals surface area contributed by atoms with E-state index in [-0.39, 0.29) is 24.8 Å². The number of aliphatic hydroxyl groups is 1. The van der Waals surface area contributed by atoms with E-state index in [0.717, 1.165) is 44.7 Å². The van der Waals surface area contributed by atoms with E-state index in [4.69, 9.17) is 0 Å². The monoisotopic (exact) mass is 366 g/mol. The minimum atomic E-state index is -1.48. The lowest BCUT2D eigenvalue weighted by molar-refractivity contribution is -0.385. The second-order valence-corrected chi connectivity index (χ2v) is 6.67. The molecule has 1 fully saturated rings. The number of aliphatic hydroxyl groups excluding tert-OH is 1. The van der Waals surface area contributed by atoms with Crippen LogP contribution in [0, 0.1) is 15.9 Å².